The molecule has 0 saturated carbocycles. The molecule has 2 aliphatic heterocycles. The molecule has 0 spiro atoms. The molecule has 0 atom stereocenters. The molecule has 4 aromatic heterocycles. The van der Waals surface area contributed by atoms with Crippen LogP contribution in [0.15, 0.2) is 191 Å². The fourth-order valence-electron chi connectivity index (χ4n) is 12.0. The molecule has 0 N–H and O–H groups in total. The molecule has 2 aliphatic rings. The number of aromatic nitrogens is 1. The predicted molar refractivity (Wildman–Crippen MR) is 302 cm³/mol. The number of rotatable bonds is 4. The van der Waals surface area contributed by atoms with E-state index in [9.17, 15) is 0 Å². The van der Waals surface area contributed by atoms with Crippen LogP contribution in [0.2, 0.25) is 0 Å². The normalized spacial score (nSPS) is 13.4. The summed E-state index contributed by atoms with van der Waals surface area (Å²) in [5.74, 6) is 0. The first kappa shape index (κ1) is 40.8. The molecule has 0 saturated heterocycles. The monoisotopic (exact) mass is 933 g/mol. The summed E-state index contributed by atoms with van der Waals surface area (Å²) in [6, 6.07) is 67.3. The number of hydrogen-bond donors (Lipinski definition) is 0. The zero-order chi connectivity index (χ0) is 47.7. The van der Waals surface area contributed by atoms with E-state index in [-0.39, 0.29) is 17.7 Å². The van der Waals surface area contributed by atoms with E-state index in [0.29, 0.717) is 0 Å². The van der Waals surface area contributed by atoms with Crippen molar-refractivity contribution >= 4 is 133 Å². The molecule has 0 radical (unpaired) electrons. The Hall–Kier alpha value is -8.00. The van der Waals surface area contributed by atoms with Gasteiger partial charge in [0, 0.05) is 81.1 Å². The second-order valence-electron chi connectivity index (χ2n) is 21.7. The molecular weight excluding hydrogens is 886 g/mol. The lowest BCUT2D eigenvalue weighted by atomic mass is 9.46. The number of furan rings is 2. The first-order valence-corrected chi connectivity index (χ1v) is 25.6. The Bertz CT molecular complexity index is 4330. The Morgan fingerprint density at radius 2 is 1.14 bits per heavy atom. The van der Waals surface area contributed by atoms with Gasteiger partial charge in [0.05, 0.1) is 16.7 Å². The molecule has 9 aromatic carbocycles. The third-order valence-electron chi connectivity index (χ3n) is 15.4. The second-order valence-corrected chi connectivity index (χ2v) is 22.8. The average Bonchev–Trinajstić information content (AvgIpc) is 4.15. The van der Waals surface area contributed by atoms with E-state index in [1.165, 1.54) is 69.9 Å². The van der Waals surface area contributed by atoms with Crippen LogP contribution in [0.1, 0.15) is 52.7 Å². The summed E-state index contributed by atoms with van der Waals surface area (Å²) in [5, 5.41) is 8.25. The van der Waals surface area contributed by atoms with Crippen molar-refractivity contribution in [1.82, 2.24) is 4.57 Å². The van der Waals surface area contributed by atoms with Crippen LogP contribution in [-0.2, 0) is 10.8 Å². The summed E-state index contributed by atoms with van der Waals surface area (Å²) in [7, 11) is 0. The minimum atomic E-state index is -0.262. The molecule has 71 heavy (non-hydrogen) atoms. The molecule has 13 aromatic rings. The first-order valence-electron chi connectivity index (χ1n) is 24.8. The molecule has 0 unspecified atom stereocenters. The summed E-state index contributed by atoms with van der Waals surface area (Å²) in [5.41, 5.74) is 19.1. The van der Waals surface area contributed by atoms with Gasteiger partial charge in [0.15, 0.2) is 0 Å². The summed E-state index contributed by atoms with van der Waals surface area (Å²) in [6.45, 7) is 13.5. The van der Waals surface area contributed by atoms with Gasteiger partial charge in [-0.1, -0.05) is 133 Å². The Labute approximate surface area is 415 Å². The molecule has 6 heterocycles. The van der Waals surface area contributed by atoms with Crippen LogP contribution in [0.4, 0.5) is 28.4 Å². The quantitative estimate of drug-likeness (QED) is 0.165. The van der Waals surface area contributed by atoms with E-state index in [0.717, 1.165) is 72.5 Å². The van der Waals surface area contributed by atoms with Crippen molar-refractivity contribution in [2.45, 2.75) is 52.4 Å². The second kappa shape index (κ2) is 14.3. The highest BCUT2D eigenvalue weighted by Crippen LogP contribution is 2.51. The third kappa shape index (κ3) is 5.81. The van der Waals surface area contributed by atoms with Gasteiger partial charge in [-0.2, -0.15) is 0 Å². The topological polar surface area (TPSA) is 37.7 Å². The fraction of sp³-hybridized carbons (Fsp3) is 0.125. The van der Waals surface area contributed by atoms with Gasteiger partial charge in [-0.25, -0.2) is 0 Å². The first-order chi connectivity index (χ1) is 34.5. The molecule has 0 fully saturated rings. The zero-order valence-electron chi connectivity index (χ0n) is 40.5. The lowest BCUT2D eigenvalue weighted by Gasteiger charge is -2.40. The van der Waals surface area contributed by atoms with Crippen LogP contribution in [0.25, 0.3) is 91.7 Å². The molecule has 0 amide bonds. The van der Waals surface area contributed by atoms with Gasteiger partial charge in [-0.15, -0.1) is 11.3 Å². The SMILES string of the molecule is CC(C)(C)c1ccc(N2B3c4oc5ccc(C(C)(C)C)cc5c4-n4c5cc6c(cc5c5ccc(c3c54)-c3cc4sc5cc(N(c7ccccc7)c7ccccc7)ccc5c4cc32)oc2ccccc26)cc1. The minimum absolute atomic E-state index is 0.00126. The van der Waals surface area contributed by atoms with E-state index in [4.69, 9.17) is 8.83 Å². The Kier molecular flexibility index (Phi) is 8.23. The molecule has 0 bridgehead atoms. The summed E-state index contributed by atoms with van der Waals surface area (Å²) < 4.78 is 19.1. The van der Waals surface area contributed by atoms with Gasteiger partial charge in [-0.3, -0.25) is 0 Å². The van der Waals surface area contributed by atoms with Crippen molar-refractivity contribution in [3.05, 3.63) is 193 Å². The highest BCUT2D eigenvalue weighted by Gasteiger charge is 2.47. The maximum atomic E-state index is 7.41. The van der Waals surface area contributed by atoms with Crippen LogP contribution in [-0.4, -0.2) is 11.4 Å². The van der Waals surface area contributed by atoms with Crippen molar-refractivity contribution in [3.8, 4) is 16.8 Å². The highest BCUT2D eigenvalue weighted by molar-refractivity contribution is 7.26. The van der Waals surface area contributed by atoms with Gasteiger partial charge < -0.3 is 23.1 Å². The van der Waals surface area contributed by atoms with Gasteiger partial charge in [0.1, 0.15) is 22.4 Å². The van der Waals surface area contributed by atoms with E-state index in [1.54, 1.807) is 0 Å². The Morgan fingerprint density at radius 1 is 0.465 bits per heavy atom. The number of hydrogen-bond acceptors (Lipinski definition) is 5. The van der Waals surface area contributed by atoms with Crippen LogP contribution < -0.4 is 20.8 Å². The number of fused-ring (bicyclic) bond motifs is 16. The Morgan fingerprint density at radius 3 is 1.89 bits per heavy atom. The summed E-state index contributed by atoms with van der Waals surface area (Å²) in [6.07, 6.45) is 0. The van der Waals surface area contributed by atoms with E-state index in [1.807, 2.05) is 11.3 Å². The van der Waals surface area contributed by atoms with Gasteiger partial charge >= 0.3 is 6.85 Å². The van der Waals surface area contributed by atoms with Crippen LogP contribution in [0.5, 0.6) is 0 Å². The van der Waals surface area contributed by atoms with Crippen molar-refractivity contribution in [2.75, 3.05) is 9.71 Å². The van der Waals surface area contributed by atoms with E-state index < -0.39 is 0 Å². The van der Waals surface area contributed by atoms with Crippen LogP contribution >= 0.6 is 11.3 Å². The Balaban J connectivity index is 1.04. The van der Waals surface area contributed by atoms with Crippen molar-refractivity contribution in [2.24, 2.45) is 0 Å². The number of benzene rings is 9. The molecule has 15 rings (SSSR count). The molecule has 5 nitrogen and oxygen atoms in total. The van der Waals surface area contributed by atoms with Crippen LogP contribution in [0, 0.1) is 0 Å². The number of nitrogens with zero attached hydrogens (tertiary/aromatic N) is 3. The fourth-order valence-corrected chi connectivity index (χ4v) is 13.1. The molecule has 7 heteroatoms. The largest absolute Gasteiger partial charge is 0.466 e. The molecule has 340 valence electrons. The average molecular weight is 934 g/mol. The van der Waals surface area contributed by atoms with Gasteiger partial charge in [0.25, 0.3) is 0 Å². The standard InChI is InChI=1S/C64H48BN3O2S/c1-63(2,3)37-21-24-41(25-22-37)68-53-34-50-44-27-26-42(66(39-15-9-7-10-16-39)40-17-11-8-12-18-40)32-57(44)71-58(50)36-48(53)45-28-29-46-47-35-56-49(43-19-13-14-20-54(43)69-56)33-52(47)67-60(46)59(45)65(68)62-61(67)51-31-38(64(4,5)6)23-30-55(51)70-62/h7-36H,1-6H3. The number of thiophene rings is 1. The highest BCUT2D eigenvalue weighted by atomic mass is 32.1. The smallest absolute Gasteiger partial charge is 0.375 e. The minimum Gasteiger partial charge on any atom is -0.466 e. The number of anilines is 5. The van der Waals surface area contributed by atoms with Crippen molar-refractivity contribution in [1.29, 1.82) is 0 Å². The summed E-state index contributed by atoms with van der Waals surface area (Å²) in [4.78, 5) is 4.95. The van der Waals surface area contributed by atoms with Gasteiger partial charge in [0.2, 0.25) is 0 Å². The maximum Gasteiger partial charge on any atom is 0.375 e. The zero-order valence-corrected chi connectivity index (χ0v) is 41.3. The van der Waals surface area contributed by atoms with Crippen molar-refractivity contribution in [3.63, 3.8) is 0 Å². The maximum absolute atomic E-state index is 7.41. The lowest BCUT2D eigenvalue weighted by molar-refractivity contribution is 0.590. The van der Waals surface area contributed by atoms with E-state index in [2.05, 4.69) is 238 Å². The van der Waals surface area contributed by atoms with E-state index >= 15 is 0 Å². The third-order valence-corrected chi connectivity index (χ3v) is 16.6. The van der Waals surface area contributed by atoms with Crippen LogP contribution in [0.3, 0.4) is 0 Å². The summed E-state index contributed by atoms with van der Waals surface area (Å²) >= 11 is 1.88. The lowest BCUT2D eigenvalue weighted by Crippen LogP contribution is -2.60. The molecule has 0 aliphatic carbocycles. The number of para-hydroxylation sites is 3. The predicted octanol–water partition coefficient (Wildman–Crippen LogP) is 17.1. The van der Waals surface area contributed by atoms with Crippen molar-refractivity contribution < 1.29 is 8.83 Å². The van der Waals surface area contributed by atoms with Gasteiger partial charge in [-0.05, 0) is 124 Å². The molecular formula is C64H48BN3O2S.